The summed E-state index contributed by atoms with van der Waals surface area (Å²) in [7, 11) is 1.49. The van der Waals surface area contributed by atoms with Gasteiger partial charge in [-0.2, -0.15) is 0 Å². The summed E-state index contributed by atoms with van der Waals surface area (Å²) in [5.41, 5.74) is 0.994. The molecular weight excluding hydrogens is 429 g/mol. The number of nitrogens with zero attached hydrogens (tertiary/aromatic N) is 3. The predicted octanol–water partition coefficient (Wildman–Crippen LogP) is 1.98. The Morgan fingerprint density at radius 1 is 1.24 bits per heavy atom. The van der Waals surface area contributed by atoms with Crippen LogP contribution in [0.15, 0.2) is 53.7 Å². The van der Waals surface area contributed by atoms with Crippen molar-refractivity contribution in [1.29, 1.82) is 0 Å². The van der Waals surface area contributed by atoms with E-state index in [0.717, 1.165) is 11.1 Å². The highest BCUT2D eigenvalue weighted by Crippen LogP contribution is 2.26. The zero-order valence-electron chi connectivity index (χ0n) is 17.8. The maximum atomic E-state index is 13.3. The molecule has 0 unspecified atom stereocenters. The number of imidazole rings is 1. The van der Waals surface area contributed by atoms with Gasteiger partial charge in [0.25, 0.3) is 11.5 Å². The van der Waals surface area contributed by atoms with E-state index in [0.29, 0.717) is 17.8 Å². The van der Waals surface area contributed by atoms with Crippen LogP contribution in [0.5, 0.6) is 5.75 Å². The van der Waals surface area contributed by atoms with E-state index >= 15 is 0 Å². The number of nitrogens with one attached hydrogen (secondary N) is 2. The minimum Gasteiger partial charge on any atom is -0.505 e. The molecule has 0 spiro atoms. The summed E-state index contributed by atoms with van der Waals surface area (Å²) < 4.78 is 19.5. The third-order valence-electron chi connectivity index (χ3n) is 5.14. The Morgan fingerprint density at radius 3 is 2.73 bits per heavy atom. The average Bonchev–Trinajstić information content (AvgIpc) is 3.32. The second-order valence-corrected chi connectivity index (χ2v) is 7.41. The summed E-state index contributed by atoms with van der Waals surface area (Å²) in [4.78, 5) is 37.4. The molecule has 3 heterocycles. The molecule has 33 heavy (non-hydrogen) atoms. The van der Waals surface area contributed by atoms with Crippen LogP contribution in [0.25, 0.3) is 11.0 Å². The third kappa shape index (κ3) is 4.75. The van der Waals surface area contributed by atoms with Gasteiger partial charge in [0, 0.05) is 32.2 Å². The van der Waals surface area contributed by atoms with Gasteiger partial charge in [0.05, 0.1) is 18.7 Å². The van der Waals surface area contributed by atoms with Gasteiger partial charge in [-0.1, -0.05) is 12.1 Å². The van der Waals surface area contributed by atoms with Gasteiger partial charge in [0.2, 0.25) is 0 Å². The van der Waals surface area contributed by atoms with E-state index in [-0.39, 0.29) is 31.0 Å². The first-order valence-corrected chi connectivity index (χ1v) is 10.2. The number of rotatable bonds is 8. The first-order valence-electron chi connectivity index (χ1n) is 10.2. The Hall–Kier alpha value is -4.05. The highest BCUT2D eigenvalue weighted by Gasteiger charge is 2.23. The highest BCUT2D eigenvalue weighted by atomic mass is 19.1. The second-order valence-electron chi connectivity index (χ2n) is 7.41. The number of fused-ring (bicyclic) bond motifs is 1. The number of hydrogen-bond donors (Lipinski definition) is 3. The summed E-state index contributed by atoms with van der Waals surface area (Å²) in [5, 5.41) is 13.3. The zero-order chi connectivity index (χ0) is 23.4. The van der Waals surface area contributed by atoms with E-state index in [9.17, 15) is 19.1 Å². The van der Waals surface area contributed by atoms with Crippen LogP contribution in [0, 0.1) is 5.82 Å². The molecule has 3 N–H and O–H groups in total. The molecule has 0 fully saturated rings. The average molecular weight is 451 g/mol. The fourth-order valence-corrected chi connectivity index (χ4v) is 3.53. The minimum absolute atomic E-state index is 0.0443. The number of carbonyl (C=O) groups is 1. The molecule has 9 nitrogen and oxygen atoms in total. The third-order valence-corrected chi connectivity index (χ3v) is 5.14. The van der Waals surface area contributed by atoms with Crippen LogP contribution >= 0.6 is 0 Å². The van der Waals surface area contributed by atoms with Gasteiger partial charge in [-0.05, 0) is 35.7 Å². The summed E-state index contributed by atoms with van der Waals surface area (Å²) in [5.74, 6) is -1.04. The Morgan fingerprint density at radius 2 is 2.03 bits per heavy atom. The lowest BCUT2D eigenvalue weighted by Gasteiger charge is -2.15. The molecule has 0 saturated heterocycles. The molecule has 0 aliphatic rings. The van der Waals surface area contributed by atoms with Crippen LogP contribution in [-0.2, 0) is 17.7 Å². The number of carbonyl (C=O) groups excluding carboxylic acids is 1. The number of aromatic hydroxyl groups is 1. The Labute approximate surface area is 187 Å². The molecule has 1 aromatic carbocycles. The molecule has 4 rings (SSSR count). The SMILES string of the molecule is COCCNC(=O)c1c(O)c2ncc(Cc3ccc(F)cc3)cc2n(Cc2ncc[nH]2)c1=O. The summed E-state index contributed by atoms with van der Waals surface area (Å²) >= 11 is 0. The minimum atomic E-state index is -0.721. The van der Waals surface area contributed by atoms with Crippen molar-refractivity contribution in [1.82, 2.24) is 24.8 Å². The Balaban J connectivity index is 1.82. The number of hydrogen-bond acceptors (Lipinski definition) is 6. The predicted molar refractivity (Wildman–Crippen MR) is 119 cm³/mol. The first kappa shape index (κ1) is 22.2. The molecular formula is C23H22FN5O4. The van der Waals surface area contributed by atoms with Crippen molar-refractivity contribution in [2.45, 2.75) is 13.0 Å². The van der Waals surface area contributed by atoms with Gasteiger partial charge < -0.3 is 20.1 Å². The summed E-state index contributed by atoms with van der Waals surface area (Å²) in [6.45, 7) is 0.475. The number of pyridine rings is 2. The Bertz CT molecular complexity index is 1330. The van der Waals surface area contributed by atoms with E-state index in [1.807, 2.05) is 0 Å². The molecule has 0 aliphatic carbocycles. The number of halogens is 1. The second kappa shape index (κ2) is 9.61. The van der Waals surface area contributed by atoms with Crippen LogP contribution in [0.2, 0.25) is 0 Å². The quantitative estimate of drug-likeness (QED) is 0.352. The van der Waals surface area contributed by atoms with E-state index in [4.69, 9.17) is 4.74 Å². The van der Waals surface area contributed by atoms with Gasteiger partial charge >= 0.3 is 0 Å². The van der Waals surface area contributed by atoms with Gasteiger partial charge in [-0.3, -0.25) is 19.1 Å². The van der Waals surface area contributed by atoms with E-state index < -0.39 is 22.8 Å². The van der Waals surface area contributed by atoms with Crippen LogP contribution in [0.4, 0.5) is 4.39 Å². The molecule has 1 amide bonds. The maximum absolute atomic E-state index is 13.3. The lowest BCUT2D eigenvalue weighted by molar-refractivity contribution is 0.0932. The molecule has 0 saturated carbocycles. The maximum Gasteiger partial charge on any atom is 0.268 e. The van der Waals surface area contributed by atoms with Crippen molar-refractivity contribution >= 4 is 16.9 Å². The van der Waals surface area contributed by atoms with Crippen molar-refractivity contribution in [2.24, 2.45) is 0 Å². The van der Waals surface area contributed by atoms with Gasteiger partial charge in [0.1, 0.15) is 22.7 Å². The number of aromatic amines is 1. The van der Waals surface area contributed by atoms with Gasteiger partial charge in [-0.15, -0.1) is 0 Å². The molecule has 10 heteroatoms. The lowest BCUT2D eigenvalue weighted by atomic mass is 10.1. The molecule has 0 bridgehead atoms. The fourth-order valence-electron chi connectivity index (χ4n) is 3.53. The molecule has 0 aliphatic heterocycles. The molecule has 3 aromatic heterocycles. The van der Waals surface area contributed by atoms with Crippen LogP contribution in [0.3, 0.4) is 0 Å². The number of methoxy groups -OCH3 is 1. The first-order chi connectivity index (χ1) is 16.0. The highest BCUT2D eigenvalue weighted by molar-refractivity contribution is 6.01. The number of benzene rings is 1. The van der Waals surface area contributed by atoms with E-state index in [2.05, 4.69) is 20.3 Å². The van der Waals surface area contributed by atoms with Crippen LogP contribution in [0.1, 0.15) is 27.3 Å². The smallest absolute Gasteiger partial charge is 0.268 e. The number of ether oxygens (including phenoxy) is 1. The molecule has 170 valence electrons. The number of amides is 1. The van der Waals surface area contributed by atoms with Crippen molar-refractivity contribution < 1.29 is 19.0 Å². The fraction of sp³-hybridized carbons (Fsp3) is 0.217. The van der Waals surface area contributed by atoms with Crippen molar-refractivity contribution in [3.05, 3.63) is 87.6 Å². The van der Waals surface area contributed by atoms with Crippen LogP contribution < -0.4 is 10.9 Å². The molecule has 4 aromatic rings. The van der Waals surface area contributed by atoms with Gasteiger partial charge in [-0.25, -0.2) is 9.37 Å². The standard InChI is InChI=1S/C23H22FN5O4/c1-33-9-8-27-22(31)19-21(30)20-17(29(23(19)32)13-18-25-6-7-26-18)11-15(12-28-20)10-14-2-4-16(24)5-3-14/h2-7,11-12,30H,8-10,13H2,1H3,(H,25,26)(H,27,31). The number of aromatic nitrogens is 4. The van der Waals surface area contributed by atoms with Crippen molar-refractivity contribution in [2.75, 3.05) is 20.3 Å². The molecule has 0 atom stereocenters. The molecule has 0 radical (unpaired) electrons. The monoisotopic (exact) mass is 451 g/mol. The van der Waals surface area contributed by atoms with E-state index in [1.54, 1.807) is 36.8 Å². The number of H-pyrrole nitrogens is 1. The lowest BCUT2D eigenvalue weighted by Crippen LogP contribution is -2.35. The topological polar surface area (TPSA) is 122 Å². The van der Waals surface area contributed by atoms with Crippen molar-refractivity contribution in [3.63, 3.8) is 0 Å². The van der Waals surface area contributed by atoms with Gasteiger partial charge in [0.15, 0.2) is 5.75 Å². The zero-order valence-corrected chi connectivity index (χ0v) is 17.8. The van der Waals surface area contributed by atoms with Crippen molar-refractivity contribution in [3.8, 4) is 5.75 Å². The Kier molecular flexibility index (Phi) is 6.45. The van der Waals surface area contributed by atoms with E-state index in [1.165, 1.54) is 23.8 Å². The summed E-state index contributed by atoms with van der Waals surface area (Å²) in [6.07, 6.45) is 5.18. The summed E-state index contributed by atoms with van der Waals surface area (Å²) in [6, 6.07) is 7.80. The normalized spacial score (nSPS) is 11.1. The van der Waals surface area contributed by atoms with Crippen LogP contribution in [-0.4, -0.2) is 50.8 Å². The largest absolute Gasteiger partial charge is 0.505 e.